The highest BCUT2D eigenvalue weighted by molar-refractivity contribution is 7.19. The molecule has 4 rings (SSSR count). The largest absolute Gasteiger partial charge is 0.497 e. The summed E-state index contributed by atoms with van der Waals surface area (Å²) in [4.78, 5) is 0.718. The smallest absolute Gasteiger partial charge is 0.235 e. The number of nitrogens with zero attached hydrogens (tertiary/aromatic N) is 6. The molecule has 134 valence electrons. The van der Waals surface area contributed by atoms with Crippen molar-refractivity contribution in [3.63, 3.8) is 0 Å². The van der Waals surface area contributed by atoms with Crippen LogP contribution in [0.1, 0.15) is 11.4 Å². The van der Waals surface area contributed by atoms with Gasteiger partial charge in [-0.2, -0.15) is 14.7 Å². The summed E-state index contributed by atoms with van der Waals surface area (Å²) in [5.41, 5.74) is 3.76. The van der Waals surface area contributed by atoms with E-state index in [9.17, 15) is 0 Å². The predicted molar refractivity (Wildman–Crippen MR) is 98.9 cm³/mol. The van der Waals surface area contributed by atoms with Gasteiger partial charge < -0.3 is 9.47 Å². The molecule has 0 amide bonds. The standard InChI is InChI=1S/C17H18N6O2S/c1-9-14(10(2)22(3)20-9)15-18-19-17-23(15)21-16(26-17)12-7-6-11(24-4)8-13(12)25-5/h6-8H,1-5H3. The van der Waals surface area contributed by atoms with Crippen molar-refractivity contribution in [1.82, 2.24) is 29.6 Å². The Kier molecular flexibility index (Phi) is 3.87. The highest BCUT2D eigenvalue weighted by atomic mass is 32.1. The van der Waals surface area contributed by atoms with E-state index in [2.05, 4.69) is 15.3 Å². The molecule has 8 nitrogen and oxygen atoms in total. The van der Waals surface area contributed by atoms with Gasteiger partial charge in [-0.25, -0.2) is 0 Å². The van der Waals surface area contributed by atoms with Crippen LogP contribution in [0.4, 0.5) is 0 Å². The number of benzene rings is 1. The van der Waals surface area contributed by atoms with Gasteiger partial charge in [0.1, 0.15) is 11.5 Å². The summed E-state index contributed by atoms with van der Waals surface area (Å²) >= 11 is 1.46. The first-order chi connectivity index (χ1) is 12.5. The monoisotopic (exact) mass is 370 g/mol. The number of methoxy groups -OCH3 is 2. The molecule has 9 heteroatoms. The van der Waals surface area contributed by atoms with E-state index in [1.807, 2.05) is 43.8 Å². The SMILES string of the molecule is COc1ccc(-c2nn3c(-c4c(C)nn(C)c4C)nnc3s2)c(OC)c1. The van der Waals surface area contributed by atoms with Crippen LogP contribution in [0.2, 0.25) is 0 Å². The fraction of sp³-hybridized carbons (Fsp3) is 0.294. The molecule has 4 aromatic rings. The molecular weight excluding hydrogens is 352 g/mol. The molecule has 0 bridgehead atoms. The molecule has 0 fully saturated rings. The second kappa shape index (κ2) is 6.10. The Bertz CT molecular complexity index is 1110. The van der Waals surface area contributed by atoms with Crippen molar-refractivity contribution in [3.05, 3.63) is 29.6 Å². The van der Waals surface area contributed by atoms with E-state index in [4.69, 9.17) is 14.6 Å². The lowest BCUT2D eigenvalue weighted by Crippen LogP contribution is -1.96. The third-order valence-corrected chi connectivity index (χ3v) is 5.29. The van der Waals surface area contributed by atoms with Gasteiger partial charge in [0.25, 0.3) is 0 Å². The zero-order chi connectivity index (χ0) is 18.4. The van der Waals surface area contributed by atoms with E-state index in [0.29, 0.717) is 11.6 Å². The van der Waals surface area contributed by atoms with Crippen molar-refractivity contribution in [2.45, 2.75) is 13.8 Å². The van der Waals surface area contributed by atoms with Crippen molar-refractivity contribution in [1.29, 1.82) is 0 Å². The van der Waals surface area contributed by atoms with Gasteiger partial charge in [-0.1, -0.05) is 11.3 Å². The molecule has 1 aromatic carbocycles. The lowest BCUT2D eigenvalue weighted by molar-refractivity contribution is 0.395. The maximum atomic E-state index is 5.50. The Hall–Kier alpha value is -2.94. The zero-order valence-corrected chi connectivity index (χ0v) is 16.0. The molecular formula is C17H18N6O2S. The molecule has 0 aliphatic heterocycles. The first kappa shape index (κ1) is 16.5. The number of ether oxygens (including phenoxy) is 2. The lowest BCUT2D eigenvalue weighted by Gasteiger charge is -2.07. The van der Waals surface area contributed by atoms with Crippen molar-refractivity contribution < 1.29 is 9.47 Å². The molecule has 0 saturated carbocycles. The van der Waals surface area contributed by atoms with Gasteiger partial charge in [0.15, 0.2) is 10.8 Å². The van der Waals surface area contributed by atoms with E-state index in [0.717, 1.165) is 38.2 Å². The van der Waals surface area contributed by atoms with E-state index in [1.165, 1.54) is 11.3 Å². The fourth-order valence-corrected chi connectivity index (χ4v) is 3.82. The van der Waals surface area contributed by atoms with Crippen molar-refractivity contribution in [3.8, 4) is 33.5 Å². The minimum Gasteiger partial charge on any atom is -0.497 e. The molecule has 0 saturated heterocycles. The quantitative estimate of drug-likeness (QED) is 0.550. The zero-order valence-electron chi connectivity index (χ0n) is 15.1. The molecule has 26 heavy (non-hydrogen) atoms. The third kappa shape index (κ3) is 2.43. The molecule has 0 N–H and O–H groups in total. The summed E-state index contributed by atoms with van der Waals surface area (Å²) in [6.07, 6.45) is 0. The van der Waals surface area contributed by atoms with Gasteiger partial charge in [0.05, 0.1) is 31.0 Å². The van der Waals surface area contributed by atoms with Crippen LogP contribution in [0.3, 0.4) is 0 Å². The minimum absolute atomic E-state index is 0.693. The molecule has 0 atom stereocenters. The topological polar surface area (TPSA) is 79.4 Å². The molecule has 0 aliphatic carbocycles. The Labute approximate surface area is 154 Å². The summed E-state index contributed by atoms with van der Waals surface area (Å²) in [7, 11) is 5.17. The van der Waals surface area contributed by atoms with Crippen LogP contribution in [0, 0.1) is 13.8 Å². The highest BCUT2D eigenvalue weighted by Crippen LogP contribution is 2.36. The summed E-state index contributed by atoms with van der Waals surface area (Å²) in [6, 6.07) is 5.66. The van der Waals surface area contributed by atoms with E-state index >= 15 is 0 Å². The van der Waals surface area contributed by atoms with E-state index in [-0.39, 0.29) is 0 Å². The summed E-state index contributed by atoms with van der Waals surface area (Å²) in [5, 5.41) is 18.6. The van der Waals surface area contributed by atoms with Crippen LogP contribution < -0.4 is 9.47 Å². The number of aromatic nitrogens is 6. The third-order valence-electron chi connectivity index (χ3n) is 4.36. The molecule has 0 unspecified atom stereocenters. The normalized spacial score (nSPS) is 11.3. The second-order valence-corrected chi connectivity index (χ2v) is 6.82. The van der Waals surface area contributed by atoms with E-state index in [1.54, 1.807) is 18.7 Å². The number of aryl methyl sites for hydroxylation is 2. The van der Waals surface area contributed by atoms with Crippen molar-refractivity contribution >= 4 is 16.3 Å². The molecule has 3 aromatic heterocycles. The lowest BCUT2D eigenvalue weighted by atomic mass is 10.2. The average molecular weight is 370 g/mol. The number of fused-ring (bicyclic) bond motifs is 1. The Morgan fingerprint density at radius 2 is 1.85 bits per heavy atom. The predicted octanol–water partition coefficient (Wildman–Crippen LogP) is 2.89. The fourth-order valence-electron chi connectivity index (χ4n) is 2.95. The summed E-state index contributed by atoms with van der Waals surface area (Å²) < 4.78 is 14.4. The molecule has 0 aliphatic rings. The number of hydrogen-bond acceptors (Lipinski definition) is 7. The van der Waals surface area contributed by atoms with Crippen LogP contribution in [0.25, 0.3) is 26.9 Å². The van der Waals surface area contributed by atoms with Crippen LogP contribution in [0.15, 0.2) is 18.2 Å². The van der Waals surface area contributed by atoms with Crippen LogP contribution >= 0.6 is 11.3 Å². The molecule has 0 radical (unpaired) electrons. The molecule has 0 spiro atoms. The van der Waals surface area contributed by atoms with Gasteiger partial charge in [0.2, 0.25) is 4.96 Å². The first-order valence-corrected chi connectivity index (χ1v) is 8.80. The number of rotatable bonds is 4. The highest BCUT2D eigenvalue weighted by Gasteiger charge is 2.21. The molecule has 3 heterocycles. The number of hydrogen-bond donors (Lipinski definition) is 0. The van der Waals surface area contributed by atoms with Crippen molar-refractivity contribution in [2.24, 2.45) is 7.05 Å². The Balaban J connectivity index is 1.87. The van der Waals surface area contributed by atoms with Gasteiger partial charge >= 0.3 is 0 Å². The summed E-state index contributed by atoms with van der Waals surface area (Å²) in [5.74, 6) is 2.12. The van der Waals surface area contributed by atoms with Crippen LogP contribution in [0.5, 0.6) is 11.5 Å². The van der Waals surface area contributed by atoms with Gasteiger partial charge in [-0.05, 0) is 26.0 Å². The summed E-state index contributed by atoms with van der Waals surface area (Å²) in [6.45, 7) is 3.97. The van der Waals surface area contributed by atoms with Gasteiger partial charge in [-0.15, -0.1) is 10.2 Å². The maximum Gasteiger partial charge on any atom is 0.235 e. The average Bonchev–Trinajstić information content (AvgIpc) is 3.29. The first-order valence-electron chi connectivity index (χ1n) is 7.98. The minimum atomic E-state index is 0.693. The maximum absolute atomic E-state index is 5.50. The van der Waals surface area contributed by atoms with E-state index < -0.39 is 0 Å². The second-order valence-electron chi connectivity index (χ2n) is 5.86. The van der Waals surface area contributed by atoms with Crippen LogP contribution in [-0.2, 0) is 7.05 Å². The van der Waals surface area contributed by atoms with Crippen LogP contribution in [-0.4, -0.2) is 43.8 Å². The van der Waals surface area contributed by atoms with Gasteiger partial charge in [-0.3, -0.25) is 4.68 Å². The Morgan fingerprint density at radius 3 is 2.50 bits per heavy atom. The van der Waals surface area contributed by atoms with Crippen molar-refractivity contribution in [2.75, 3.05) is 14.2 Å². The van der Waals surface area contributed by atoms with Gasteiger partial charge in [0, 0.05) is 18.8 Å². The Morgan fingerprint density at radius 1 is 1.04 bits per heavy atom.